The van der Waals surface area contributed by atoms with Gasteiger partial charge >= 0.3 is 0 Å². The Bertz CT molecular complexity index is 1160. The van der Waals surface area contributed by atoms with Crippen molar-refractivity contribution in [3.05, 3.63) is 71.6 Å². The summed E-state index contributed by atoms with van der Waals surface area (Å²) in [6.45, 7) is 0.287. The van der Waals surface area contributed by atoms with Crippen LogP contribution in [0, 0.1) is 0 Å². The van der Waals surface area contributed by atoms with E-state index >= 15 is 0 Å². The van der Waals surface area contributed by atoms with Gasteiger partial charge in [-0.05, 0) is 43.2 Å². The van der Waals surface area contributed by atoms with E-state index in [9.17, 15) is 4.79 Å². The van der Waals surface area contributed by atoms with Gasteiger partial charge in [0, 0.05) is 17.1 Å². The van der Waals surface area contributed by atoms with E-state index in [0.717, 1.165) is 24.4 Å². The van der Waals surface area contributed by atoms with E-state index in [0.29, 0.717) is 22.5 Å². The molecule has 0 aliphatic heterocycles. The van der Waals surface area contributed by atoms with E-state index in [-0.39, 0.29) is 18.1 Å². The van der Waals surface area contributed by atoms with Crippen molar-refractivity contribution in [3.8, 4) is 17.1 Å². The maximum absolute atomic E-state index is 12.8. The predicted octanol–water partition coefficient (Wildman–Crippen LogP) is 3.64. The smallest absolute Gasteiger partial charge is 0.272 e. The zero-order valence-electron chi connectivity index (χ0n) is 15.3. The molecule has 0 radical (unpaired) electrons. The number of rotatable bonds is 6. The Hall–Kier alpha value is -3.39. The molecule has 1 fully saturated rings. The van der Waals surface area contributed by atoms with E-state index in [2.05, 4.69) is 20.6 Å². The maximum Gasteiger partial charge on any atom is 0.272 e. The molecule has 5 rings (SSSR count). The van der Waals surface area contributed by atoms with Gasteiger partial charge in [-0.3, -0.25) is 4.79 Å². The Morgan fingerprint density at radius 3 is 2.90 bits per heavy atom. The van der Waals surface area contributed by atoms with Gasteiger partial charge in [0.15, 0.2) is 17.3 Å². The van der Waals surface area contributed by atoms with Crippen LogP contribution in [0.3, 0.4) is 0 Å². The zero-order valence-corrected chi connectivity index (χ0v) is 16.1. The maximum atomic E-state index is 12.8. The number of benzene rings is 1. The first-order chi connectivity index (χ1) is 14.2. The molecule has 29 heavy (non-hydrogen) atoms. The molecule has 1 N–H and O–H groups in total. The van der Waals surface area contributed by atoms with Crippen LogP contribution in [0.2, 0.25) is 5.02 Å². The molecule has 1 saturated carbocycles. The average molecular weight is 409 g/mol. The molecule has 8 nitrogen and oxygen atoms in total. The van der Waals surface area contributed by atoms with Crippen molar-refractivity contribution in [2.75, 3.05) is 0 Å². The number of furan rings is 1. The lowest BCUT2D eigenvalue weighted by Gasteiger charge is -2.06. The summed E-state index contributed by atoms with van der Waals surface area (Å²) in [6, 6.07) is 13.0. The second kappa shape index (κ2) is 7.21. The minimum absolute atomic E-state index is 0.272. The van der Waals surface area contributed by atoms with Crippen molar-refractivity contribution in [1.29, 1.82) is 0 Å². The van der Waals surface area contributed by atoms with Crippen LogP contribution in [-0.4, -0.2) is 30.5 Å². The summed E-state index contributed by atoms with van der Waals surface area (Å²) in [5.74, 6) is 1.04. The summed E-state index contributed by atoms with van der Waals surface area (Å²) in [7, 11) is 0. The molecule has 3 heterocycles. The van der Waals surface area contributed by atoms with Crippen molar-refractivity contribution in [1.82, 2.24) is 29.9 Å². The quantitative estimate of drug-likeness (QED) is 0.526. The first-order valence-electron chi connectivity index (χ1n) is 9.25. The molecular weight excluding hydrogens is 392 g/mol. The number of hydrogen-bond donors (Lipinski definition) is 1. The van der Waals surface area contributed by atoms with E-state index in [1.807, 2.05) is 22.8 Å². The largest absolute Gasteiger partial charge is 0.463 e. The molecule has 1 aliphatic rings. The first kappa shape index (κ1) is 17.7. The van der Waals surface area contributed by atoms with E-state index in [4.69, 9.17) is 16.0 Å². The van der Waals surface area contributed by atoms with Crippen molar-refractivity contribution < 1.29 is 9.21 Å². The number of carbonyl (C=O) groups is 1. The van der Waals surface area contributed by atoms with Crippen LogP contribution in [-0.2, 0) is 6.54 Å². The van der Waals surface area contributed by atoms with Crippen molar-refractivity contribution in [2.45, 2.75) is 25.4 Å². The third kappa shape index (κ3) is 3.54. The Kier molecular flexibility index (Phi) is 4.40. The van der Waals surface area contributed by atoms with Crippen molar-refractivity contribution in [2.24, 2.45) is 0 Å². The summed E-state index contributed by atoms with van der Waals surface area (Å²) in [5.41, 5.74) is 1.66. The van der Waals surface area contributed by atoms with Crippen LogP contribution in [0.15, 0.2) is 59.5 Å². The minimum Gasteiger partial charge on any atom is -0.463 e. The SMILES string of the molecule is O=C(NCc1nncn1C1CC1)c1cc(-c2ccco2)n(-c2cccc(Cl)c2)n1. The number of hydrogen-bond acceptors (Lipinski definition) is 5. The third-order valence-corrected chi connectivity index (χ3v) is 5.00. The predicted molar refractivity (Wildman–Crippen MR) is 106 cm³/mol. The molecule has 4 aromatic rings. The van der Waals surface area contributed by atoms with E-state index in [1.54, 1.807) is 41.5 Å². The molecule has 0 unspecified atom stereocenters. The summed E-state index contributed by atoms with van der Waals surface area (Å²) in [4.78, 5) is 12.8. The average Bonchev–Trinajstić information content (AvgIpc) is 3.16. The standard InChI is InChI=1S/C20H17ClN6O2/c21-13-3-1-4-15(9-13)27-17(18-5-2-8-29-18)10-16(25-27)20(28)22-11-19-24-23-12-26(19)14-6-7-14/h1-5,8-10,12,14H,6-7,11H2,(H,22,28). The zero-order chi connectivity index (χ0) is 19.8. The molecule has 1 amide bonds. The summed E-state index contributed by atoms with van der Waals surface area (Å²) < 4.78 is 9.18. The van der Waals surface area contributed by atoms with Gasteiger partial charge in [0.1, 0.15) is 12.0 Å². The highest BCUT2D eigenvalue weighted by Gasteiger charge is 2.26. The number of aromatic nitrogens is 5. The van der Waals surface area contributed by atoms with Crippen LogP contribution in [0.1, 0.15) is 35.2 Å². The molecule has 9 heteroatoms. The summed E-state index contributed by atoms with van der Waals surface area (Å²) >= 11 is 6.13. The van der Waals surface area contributed by atoms with Crippen LogP contribution >= 0.6 is 11.6 Å². The van der Waals surface area contributed by atoms with Gasteiger partial charge in [-0.1, -0.05) is 17.7 Å². The normalized spacial score (nSPS) is 13.6. The molecule has 1 aromatic carbocycles. The summed E-state index contributed by atoms with van der Waals surface area (Å²) in [6.07, 6.45) is 5.53. The highest BCUT2D eigenvalue weighted by molar-refractivity contribution is 6.30. The molecule has 0 atom stereocenters. The fourth-order valence-electron chi connectivity index (χ4n) is 3.20. The second-order valence-corrected chi connectivity index (χ2v) is 7.29. The number of halogens is 1. The van der Waals surface area contributed by atoms with Gasteiger partial charge in [0.25, 0.3) is 5.91 Å². The Balaban J connectivity index is 1.43. The summed E-state index contributed by atoms with van der Waals surface area (Å²) in [5, 5.41) is 16.0. The molecule has 3 aromatic heterocycles. The second-order valence-electron chi connectivity index (χ2n) is 6.85. The highest BCUT2D eigenvalue weighted by Crippen LogP contribution is 2.35. The van der Waals surface area contributed by atoms with Gasteiger partial charge in [0.05, 0.1) is 18.5 Å². The number of carbonyl (C=O) groups excluding carboxylic acids is 1. The monoisotopic (exact) mass is 408 g/mol. The van der Waals surface area contributed by atoms with E-state index < -0.39 is 0 Å². The lowest BCUT2D eigenvalue weighted by atomic mass is 10.2. The molecule has 146 valence electrons. The number of amides is 1. The third-order valence-electron chi connectivity index (χ3n) is 4.76. The Morgan fingerprint density at radius 1 is 1.24 bits per heavy atom. The number of nitrogens with zero attached hydrogens (tertiary/aromatic N) is 5. The Labute approximate surface area is 171 Å². The molecule has 1 aliphatic carbocycles. The van der Waals surface area contributed by atoms with Gasteiger partial charge < -0.3 is 14.3 Å². The van der Waals surface area contributed by atoms with Gasteiger partial charge in [-0.2, -0.15) is 5.10 Å². The van der Waals surface area contributed by atoms with Gasteiger partial charge in [-0.15, -0.1) is 10.2 Å². The van der Waals surface area contributed by atoms with Crippen LogP contribution < -0.4 is 5.32 Å². The molecular formula is C20H17ClN6O2. The van der Waals surface area contributed by atoms with E-state index in [1.165, 1.54) is 0 Å². The molecule has 0 spiro atoms. The van der Waals surface area contributed by atoms with Crippen LogP contribution in [0.5, 0.6) is 0 Å². The van der Waals surface area contributed by atoms with Crippen molar-refractivity contribution >= 4 is 17.5 Å². The Morgan fingerprint density at radius 2 is 2.14 bits per heavy atom. The van der Waals surface area contributed by atoms with Gasteiger partial charge in [0.2, 0.25) is 0 Å². The minimum atomic E-state index is -0.302. The van der Waals surface area contributed by atoms with Crippen LogP contribution in [0.25, 0.3) is 17.1 Å². The lowest BCUT2D eigenvalue weighted by Crippen LogP contribution is -2.25. The molecule has 0 saturated heterocycles. The highest BCUT2D eigenvalue weighted by atomic mass is 35.5. The fraction of sp³-hybridized carbons (Fsp3) is 0.200. The fourth-order valence-corrected chi connectivity index (χ4v) is 3.38. The van der Waals surface area contributed by atoms with Crippen molar-refractivity contribution in [3.63, 3.8) is 0 Å². The molecule has 0 bridgehead atoms. The lowest BCUT2D eigenvalue weighted by molar-refractivity contribution is 0.0944. The van der Waals surface area contributed by atoms with Crippen LogP contribution in [0.4, 0.5) is 0 Å². The van der Waals surface area contributed by atoms with Gasteiger partial charge in [-0.25, -0.2) is 4.68 Å². The first-order valence-corrected chi connectivity index (χ1v) is 9.63. The number of nitrogens with one attached hydrogen (secondary N) is 1. The topological polar surface area (TPSA) is 90.8 Å².